The smallest absolute Gasteiger partial charge is 0.308 e. The Bertz CT molecular complexity index is 1020. The molecule has 1 aliphatic rings. The van der Waals surface area contributed by atoms with Crippen LogP contribution in [0.4, 0.5) is 0 Å². The van der Waals surface area contributed by atoms with Crippen molar-refractivity contribution in [3.8, 4) is 16.9 Å². The first kappa shape index (κ1) is 21.2. The number of aliphatic hydroxyl groups is 1. The molecular weight excluding hydrogens is 394 g/mol. The summed E-state index contributed by atoms with van der Waals surface area (Å²) in [5, 5.41) is 20.5. The Morgan fingerprint density at radius 1 is 1.19 bits per heavy atom. The van der Waals surface area contributed by atoms with Gasteiger partial charge in [0.05, 0.1) is 25.4 Å². The Balaban J connectivity index is 1.40. The summed E-state index contributed by atoms with van der Waals surface area (Å²) >= 11 is 0. The Kier molecular flexibility index (Phi) is 6.74. The molecule has 4 rings (SSSR count). The molecule has 1 aliphatic heterocycles. The standard InChI is InChI=1S/C24H27N3O4/c1-30-24(29)17-7-10-27(11-8-17)15-20(28)16-31-21-12-18-4-2-3-5-22(18)23(13-21)19-6-9-25-26-14-19/h2-6,9,12-14,17,20,28H,7-8,10-11,15-16H2,1H3. The van der Waals surface area contributed by atoms with E-state index in [1.807, 2.05) is 36.4 Å². The third-order valence-electron chi connectivity index (χ3n) is 5.76. The molecule has 0 bridgehead atoms. The molecule has 1 N–H and O–H groups in total. The molecule has 162 valence electrons. The number of aromatic nitrogens is 2. The molecule has 1 fully saturated rings. The second-order valence-corrected chi connectivity index (χ2v) is 7.89. The molecule has 31 heavy (non-hydrogen) atoms. The highest BCUT2D eigenvalue weighted by molar-refractivity contribution is 5.97. The number of esters is 1. The number of aliphatic hydroxyl groups excluding tert-OH is 1. The van der Waals surface area contributed by atoms with Crippen molar-refractivity contribution < 1.29 is 19.4 Å². The van der Waals surface area contributed by atoms with Gasteiger partial charge in [0.2, 0.25) is 0 Å². The zero-order valence-corrected chi connectivity index (χ0v) is 17.6. The van der Waals surface area contributed by atoms with E-state index in [1.165, 1.54) is 7.11 Å². The van der Waals surface area contributed by atoms with Crippen LogP contribution in [0.15, 0.2) is 54.9 Å². The topological polar surface area (TPSA) is 84.8 Å². The Labute approximate surface area is 181 Å². The van der Waals surface area contributed by atoms with Crippen LogP contribution in [-0.2, 0) is 9.53 Å². The van der Waals surface area contributed by atoms with Crippen LogP contribution in [0.25, 0.3) is 21.9 Å². The molecule has 0 spiro atoms. The summed E-state index contributed by atoms with van der Waals surface area (Å²) in [5.74, 6) is 0.530. The molecule has 1 unspecified atom stereocenters. The van der Waals surface area contributed by atoms with Crippen LogP contribution in [0.1, 0.15) is 12.8 Å². The van der Waals surface area contributed by atoms with Crippen molar-refractivity contribution in [2.24, 2.45) is 5.92 Å². The average molecular weight is 421 g/mol. The molecule has 2 aromatic carbocycles. The van der Waals surface area contributed by atoms with Crippen LogP contribution < -0.4 is 4.74 Å². The molecule has 1 aromatic heterocycles. The Morgan fingerprint density at radius 2 is 2.00 bits per heavy atom. The molecule has 0 amide bonds. The number of carbonyl (C=O) groups is 1. The van der Waals surface area contributed by atoms with E-state index in [1.54, 1.807) is 12.4 Å². The zero-order chi connectivity index (χ0) is 21.6. The van der Waals surface area contributed by atoms with Crippen LogP contribution in [0, 0.1) is 5.92 Å². The number of fused-ring (bicyclic) bond motifs is 1. The van der Waals surface area contributed by atoms with Crippen molar-refractivity contribution >= 4 is 16.7 Å². The summed E-state index contributed by atoms with van der Waals surface area (Å²) in [6, 6.07) is 14.0. The van der Waals surface area contributed by atoms with E-state index in [0.717, 1.165) is 47.8 Å². The molecule has 7 nitrogen and oxygen atoms in total. The highest BCUT2D eigenvalue weighted by Gasteiger charge is 2.26. The average Bonchev–Trinajstić information content (AvgIpc) is 2.82. The van der Waals surface area contributed by atoms with E-state index in [4.69, 9.17) is 9.47 Å². The second-order valence-electron chi connectivity index (χ2n) is 7.89. The Morgan fingerprint density at radius 3 is 2.74 bits per heavy atom. The summed E-state index contributed by atoms with van der Waals surface area (Å²) < 4.78 is 10.8. The first-order valence-corrected chi connectivity index (χ1v) is 10.5. The number of benzene rings is 2. The van der Waals surface area contributed by atoms with E-state index >= 15 is 0 Å². The number of rotatable bonds is 7. The van der Waals surface area contributed by atoms with Gasteiger partial charge in [-0.1, -0.05) is 24.3 Å². The van der Waals surface area contributed by atoms with Crippen molar-refractivity contribution in [1.29, 1.82) is 0 Å². The van der Waals surface area contributed by atoms with Crippen LogP contribution in [0.3, 0.4) is 0 Å². The van der Waals surface area contributed by atoms with Gasteiger partial charge in [0, 0.05) is 12.1 Å². The zero-order valence-electron chi connectivity index (χ0n) is 17.6. The molecule has 1 saturated heterocycles. The summed E-state index contributed by atoms with van der Waals surface area (Å²) in [7, 11) is 1.43. The molecule has 0 radical (unpaired) electrons. The van der Waals surface area contributed by atoms with Gasteiger partial charge in [0.1, 0.15) is 18.5 Å². The molecule has 2 heterocycles. The van der Waals surface area contributed by atoms with Crippen molar-refractivity contribution in [2.75, 3.05) is 33.4 Å². The van der Waals surface area contributed by atoms with Crippen LogP contribution in [-0.4, -0.2) is 65.6 Å². The number of nitrogens with zero attached hydrogens (tertiary/aromatic N) is 3. The number of likely N-dealkylation sites (tertiary alicyclic amines) is 1. The van der Waals surface area contributed by atoms with Crippen LogP contribution in [0.5, 0.6) is 5.75 Å². The minimum Gasteiger partial charge on any atom is -0.491 e. The molecular formula is C24H27N3O4. The lowest BCUT2D eigenvalue weighted by Gasteiger charge is -2.31. The van der Waals surface area contributed by atoms with Gasteiger partial charge in [0.25, 0.3) is 0 Å². The van der Waals surface area contributed by atoms with E-state index in [0.29, 0.717) is 12.3 Å². The second kappa shape index (κ2) is 9.85. The lowest BCUT2D eigenvalue weighted by molar-refractivity contribution is -0.147. The number of methoxy groups -OCH3 is 1. The minimum atomic E-state index is -0.618. The van der Waals surface area contributed by atoms with Gasteiger partial charge in [0.15, 0.2) is 0 Å². The van der Waals surface area contributed by atoms with Gasteiger partial charge >= 0.3 is 5.97 Å². The van der Waals surface area contributed by atoms with Crippen molar-refractivity contribution in [1.82, 2.24) is 15.1 Å². The number of β-amino-alcohol motifs (C(OH)–C–C–N with tert-alkyl or cyclic N) is 1. The predicted molar refractivity (Wildman–Crippen MR) is 118 cm³/mol. The number of carbonyl (C=O) groups excluding carboxylic acids is 1. The van der Waals surface area contributed by atoms with Crippen LogP contribution in [0.2, 0.25) is 0 Å². The highest BCUT2D eigenvalue weighted by atomic mass is 16.5. The first-order valence-electron chi connectivity index (χ1n) is 10.5. The number of hydrogen-bond donors (Lipinski definition) is 1. The largest absolute Gasteiger partial charge is 0.491 e. The molecule has 3 aromatic rings. The van der Waals surface area contributed by atoms with Gasteiger partial charge in [-0.15, -0.1) is 0 Å². The quantitative estimate of drug-likeness (QED) is 0.587. The fraction of sp³-hybridized carbons (Fsp3) is 0.375. The SMILES string of the molecule is COC(=O)C1CCN(CC(O)COc2cc(-c3ccnnc3)c3ccccc3c2)CC1. The number of hydrogen-bond acceptors (Lipinski definition) is 7. The lowest BCUT2D eigenvalue weighted by atomic mass is 9.97. The van der Waals surface area contributed by atoms with E-state index in [2.05, 4.69) is 21.2 Å². The maximum absolute atomic E-state index is 11.7. The minimum absolute atomic E-state index is 0.0339. The first-order chi connectivity index (χ1) is 15.1. The van der Waals surface area contributed by atoms with Crippen molar-refractivity contribution in [3.63, 3.8) is 0 Å². The molecule has 7 heteroatoms. The predicted octanol–water partition coefficient (Wildman–Crippen LogP) is 2.92. The summed E-state index contributed by atoms with van der Waals surface area (Å²) in [4.78, 5) is 13.8. The van der Waals surface area contributed by atoms with Crippen molar-refractivity contribution in [3.05, 3.63) is 54.9 Å². The third kappa shape index (κ3) is 5.18. The van der Waals surface area contributed by atoms with Gasteiger partial charge in [-0.3, -0.25) is 4.79 Å². The molecule has 0 aliphatic carbocycles. The van der Waals surface area contributed by atoms with Gasteiger partial charge in [-0.25, -0.2) is 0 Å². The fourth-order valence-corrected chi connectivity index (χ4v) is 4.12. The van der Waals surface area contributed by atoms with Gasteiger partial charge in [-0.2, -0.15) is 10.2 Å². The summed E-state index contributed by atoms with van der Waals surface area (Å²) in [6.45, 7) is 2.25. The normalized spacial score (nSPS) is 16.2. The fourth-order valence-electron chi connectivity index (χ4n) is 4.12. The van der Waals surface area contributed by atoms with Crippen LogP contribution >= 0.6 is 0 Å². The maximum atomic E-state index is 11.7. The van der Waals surface area contributed by atoms with E-state index in [-0.39, 0.29) is 18.5 Å². The summed E-state index contributed by atoms with van der Waals surface area (Å²) in [6.07, 6.45) is 4.30. The van der Waals surface area contributed by atoms with Gasteiger partial charge in [-0.05, 0) is 60.5 Å². The number of ether oxygens (including phenoxy) is 2. The third-order valence-corrected chi connectivity index (χ3v) is 5.76. The van der Waals surface area contributed by atoms with Gasteiger partial charge < -0.3 is 19.5 Å². The number of piperidine rings is 1. The lowest BCUT2D eigenvalue weighted by Crippen LogP contribution is -2.42. The van der Waals surface area contributed by atoms with Crippen molar-refractivity contribution in [2.45, 2.75) is 18.9 Å². The molecule has 0 saturated carbocycles. The summed E-state index contributed by atoms with van der Waals surface area (Å²) in [5.41, 5.74) is 1.98. The van der Waals surface area contributed by atoms with E-state index in [9.17, 15) is 9.90 Å². The van der Waals surface area contributed by atoms with E-state index < -0.39 is 6.10 Å². The highest BCUT2D eigenvalue weighted by Crippen LogP contribution is 2.32. The molecule has 1 atom stereocenters. The maximum Gasteiger partial charge on any atom is 0.308 e. The monoisotopic (exact) mass is 421 g/mol. The Hall–Kier alpha value is -3.03.